The third-order valence-corrected chi connectivity index (χ3v) is 2.46. The maximum Gasteiger partial charge on any atom is 0.305 e. The fraction of sp³-hybridized carbons (Fsp3) is 0.769. The van der Waals surface area contributed by atoms with Crippen LogP contribution in [0.15, 0.2) is 0 Å². The lowest BCUT2D eigenvalue weighted by molar-refractivity contribution is -0.149. The minimum atomic E-state index is -0.360. The van der Waals surface area contributed by atoms with Crippen molar-refractivity contribution in [2.75, 3.05) is 13.7 Å². The Kier molecular flexibility index (Phi) is 9.48. The fourth-order valence-electron chi connectivity index (χ4n) is 1.57. The summed E-state index contributed by atoms with van der Waals surface area (Å²) in [6.45, 7) is 2.90. The van der Waals surface area contributed by atoms with Crippen molar-refractivity contribution in [1.82, 2.24) is 0 Å². The molecule has 0 aromatic rings. The second kappa shape index (κ2) is 10.3. The smallest absolute Gasteiger partial charge is 0.305 e. The number of methoxy groups -OCH3 is 1. The summed E-state index contributed by atoms with van der Waals surface area (Å²) in [7, 11) is 1.35. The summed E-state index contributed by atoms with van der Waals surface area (Å²) in [5.41, 5.74) is 0. The number of ether oxygens (including phenoxy) is 3. The summed E-state index contributed by atoms with van der Waals surface area (Å²) in [4.78, 5) is 32.5. The zero-order valence-electron chi connectivity index (χ0n) is 11.8. The van der Waals surface area contributed by atoms with Gasteiger partial charge in [-0.3, -0.25) is 14.4 Å². The van der Waals surface area contributed by atoms with Crippen LogP contribution in [-0.2, 0) is 28.6 Å². The van der Waals surface area contributed by atoms with Crippen molar-refractivity contribution in [3.8, 4) is 0 Å². The molecule has 0 saturated heterocycles. The predicted molar refractivity (Wildman–Crippen MR) is 67.3 cm³/mol. The lowest BCUT2D eigenvalue weighted by Gasteiger charge is -2.16. The molecule has 0 rings (SSSR count). The van der Waals surface area contributed by atoms with Gasteiger partial charge >= 0.3 is 17.9 Å². The van der Waals surface area contributed by atoms with E-state index in [1.54, 1.807) is 0 Å². The van der Waals surface area contributed by atoms with Gasteiger partial charge in [0, 0.05) is 26.7 Å². The van der Waals surface area contributed by atoms with E-state index in [0.29, 0.717) is 25.7 Å². The SMILES string of the molecule is COC(=O)CCCC[C@@H](CCOC(C)=O)OC(C)=O. The summed E-state index contributed by atoms with van der Waals surface area (Å²) >= 11 is 0. The molecule has 0 aliphatic rings. The van der Waals surface area contributed by atoms with Crippen molar-refractivity contribution in [3.05, 3.63) is 0 Å². The monoisotopic (exact) mass is 274 g/mol. The van der Waals surface area contributed by atoms with Crippen molar-refractivity contribution >= 4 is 17.9 Å². The molecule has 0 unspecified atom stereocenters. The molecule has 0 N–H and O–H groups in total. The van der Waals surface area contributed by atoms with Gasteiger partial charge in [0.2, 0.25) is 0 Å². The lowest BCUT2D eigenvalue weighted by Crippen LogP contribution is -2.19. The van der Waals surface area contributed by atoms with Crippen LogP contribution in [0.3, 0.4) is 0 Å². The Hall–Kier alpha value is -1.59. The highest BCUT2D eigenvalue weighted by Crippen LogP contribution is 2.11. The molecule has 0 aromatic heterocycles. The summed E-state index contributed by atoms with van der Waals surface area (Å²) in [6.07, 6.45) is 2.60. The molecule has 6 nitrogen and oxygen atoms in total. The highest BCUT2D eigenvalue weighted by atomic mass is 16.6. The largest absolute Gasteiger partial charge is 0.469 e. The van der Waals surface area contributed by atoms with Gasteiger partial charge in [-0.2, -0.15) is 0 Å². The van der Waals surface area contributed by atoms with E-state index in [1.807, 2.05) is 0 Å². The quantitative estimate of drug-likeness (QED) is 0.361. The van der Waals surface area contributed by atoms with Gasteiger partial charge in [-0.05, 0) is 19.3 Å². The number of carbonyl (C=O) groups excluding carboxylic acids is 3. The molecule has 0 aliphatic carbocycles. The van der Waals surface area contributed by atoms with Crippen LogP contribution in [0.25, 0.3) is 0 Å². The van der Waals surface area contributed by atoms with Crippen molar-refractivity contribution in [2.24, 2.45) is 0 Å². The van der Waals surface area contributed by atoms with Gasteiger partial charge in [-0.15, -0.1) is 0 Å². The second-order valence-corrected chi connectivity index (χ2v) is 4.18. The van der Waals surface area contributed by atoms with Crippen molar-refractivity contribution in [1.29, 1.82) is 0 Å². The van der Waals surface area contributed by atoms with E-state index in [-0.39, 0.29) is 30.6 Å². The molecule has 0 bridgehead atoms. The van der Waals surface area contributed by atoms with Gasteiger partial charge in [0.05, 0.1) is 13.7 Å². The zero-order chi connectivity index (χ0) is 14.7. The Labute approximate surface area is 113 Å². The highest BCUT2D eigenvalue weighted by Gasteiger charge is 2.13. The first-order chi connectivity index (χ1) is 8.95. The van der Waals surface area contributed by atoms with E-state index in [0.717, 1.165) is 6.42 Å². The standard InChI is InChI=1S/C13H22O6/c1-10(14)18-9-8-12(19-11(2)15)6-4-5-7-13(16)17-3/h12H,4-9H2,1-3H3/t12-/m0/s1. The number of hydrogen-bond donors (Lipinski definition) is 0. The Morgan fingerprint density at radius 2 is 1.68 bits per heavy atom. The van der Waals surface area contributed by atoms with E-state index in [9.17, 15) is 14.4 Å². The van der Waals surface area contributed by atoms with Gasteiger partial charge in [-0.1, -0.05) is 0 Å². The van der Waals surface area contributed by atoms with Crippen molar-refractivity contribution < 1.29 is 28.6 Å². The molecule has 0 radical (unpaired) electrons. The van der Waals surface area contributed by atoms with E-state index >= 15 is 0 Å². The first-order valence-corrected chi connectivity index (χ1v) is 6.33. The molecule has 19 heavy (non-hydrogen) atoms. The molecule has 1 atom stereocenters. The van der Waals surface area contributed by atoms with Gasteiger partial charge in [0.1, 0.15) is 6.10 Å². The maximum atomic E-state index is 10.9. The van der Waals surface area contributed by atoms with Crippen LogP contribution in [0.5, 0.6) is 0 Å². The third-order valence-electron chi connectivity index (χ3n) is 2.46. The van der Waals surface area contributed by atoms with Crippen LogP contribution in [-0.4, -0.2) is 37.7 Å². The molecule has 0 fully saturated rings. The summed E-state index contributed by atoms with van der Waals surface area (Å²) in [5.74, 6) is -0.961. The molecule has 0 spiro atoms. The third kappa shape index (κ3) is 11.2. The summed E-state index contributed by atoms with van der Waals surface area (Å²) in [6, 6.07) is 0. The van der Waals surface area contributed by atoms with Crippen LogP contribution < -0.4 is 0 Å². The minimum Gasteiger partial charge on any atom is -0.469 e. The van der Waals surface area contributed by atoms with Crippen LogP contribution in [0.4, 0.5) is 0 Å². The Bertz CT molecular complexity index is 300. The highest BCUT2D eigenvalue weighted by molar-refractivity contribution is 5.69. The maximum absolute atomic E-state index is 10.9. The Morgan fingerprint density at radius 3 is 2.21 bits per heavy atom. The number of rotatable bonds is 9. The van der Waals surface area contributed by atoms with E-state index in [1.165, 1.54) is 21.0 Å². The van der Waals surface area contributed by atoms with E-state index in [4.69, 9.17) is 9.47 Å². The second-order valence-electron chi connectivity index (χ2n) is 4.18. The number of hydrogen-bond acceptors (Lipinski definition) is 6. The Morgan fingerprint density at radius 1 is 1.00 bits per heavy atom. The molecule has 0 heterocycles. The van der Waals surface area contributed by atoms with Gasteiger partial charge < -0.3 is 14.2 Å². The van der Waals surface area contributed by atoms with Gasteiger partial charge in [0.15, 0.2) is 0 Å². The number of unbranched alkanes of at least 4 members (excludes halogenated alkanes) is 1. The first kappa shape index (κ1) is 17.4. The molecule has 0 aliphatic heterocycles. The molecule has 6 heteroatoms. The number of esters is 3. The zero-order valence-corrected chi connectivity index (χ0v) is 11.8. The first-order valence-electron chi connectivity index (χ1n) is 6.33. The molecule has 0 amide bonds. The van der Waals surface area contributed by atoms with Crippen molar-refractivity contribution in [2.45, 2.75) is 52.1 Å². The van der Waals surface area contributed by atoms with E-state index < -0.39 is 0 Å². The lowest BCUT2D eigenvalue weighted by atomic mass is 10.1. The predicted octanol–water partition coefficient (Wildman–Crippen LogP) is 1.60. The molecule has 0 aromatic carbocycles. The fourth-order valence-corrected chi connectivity index (χ4v) is 1.57. The molecular formula is C13H22O6. The number of carbonyl (C=O) groups is 3. The Balaban J connectivity index is 3.88. The van der Waals surface area contributed by atoms with Crippen molar-refractivity contribution in [3.63, 3.8) is 0 Å². The molecule has 110 valence electrons. The van der Waals surface area contributed by atoms with Gasteiger partial charge in [-0.25, -0.2) is 0 Å². The van der Waals surface area contributed by atoms with Gasteiger partial charge in [0.25, 0.3) is 0 Å². The van der Waals surface area contributed by atoms with E-state index in [2.05, 4.69) is 4.74 Å². The van der Waals surface area contributed by atoms with Crippen LogP contribution >= 0.6 is 0 Å². The molecular weight excluding hydrogens is 252 g/mol. The average Bonchev–Trinajstić information content (AvgIpc) is 2.32. The van der Waals surface area contributed by atoms with Crippen LogP contribution in [0.1, 0.15) is 46.0 Å². The minimum absolute atomic E-state index is 0.226. The van der Waals surface area contributed by atoms with Crippen LogP contribution in [0, 0.1) is 0 Å². The topological polar surface area (TPSA) is 78.9 Å². The van der Waals surface area contributed by atoms with Crippen LogP contribution in [0.2, 0.25) is 0 Å². The summed E-state index contributed by atoms with van der Waals surface area (Å²) in [5, 5.41) is 0. The molecule has 0 saturated carbocycles. The average molecular weight is 274 g/mol. The summed E-state index contributed by atoms with van der Waals surface area (Å²) < 4.78 is 14.5. The normalized spacial score (nSPS) is 11.5.